The van der Waals surface area contributed by atoms with Crippen molar-refractivity contribution in [1.82, 2.24) is 24.8 Å². The van der Waals surface area contributed by atoms with Gasteiger partial charge in [-0.2, -0.15) is 5.10 Å². The highest BCUT2D eigenvalue weighted by Gasteiger charge is 2.28. The topological polar surface area (TPSA) is 88.8 Å². The number of aromatic nitrogens is 3. The van der Waals surface area contributed by atoms with Gasteiger partial charge >= 0.3 is 0 Å². The SMILES string of the molecule is COc1cccc(CNC(=O)CCc2c(C)nc3cc([C@H]4CCN(C(C)=O)C4)nn3c2C)c1. The van der Waals surface area contributed by atoms with Crippen molar-refractivity contribution >= 4 is 17.5 Å². The Morgan fingerprint density at radius 1 is 1.24 bits per heavy atom. The lowest BCUT2D eigenvalue weighted by molar-refractivity contribution is -0.127. The van der Waals surface area contributed by atoms with Crippen LogP contribution in [0.5, 0.6) is 5.75 Å². The number of ether oxygens (including phenoxy) is 1. The summed E-state index contributed by atoms with van der Waals surface area (Å²) in [6.45, 7) is 7.56. The molecule has 0 aliphatic carbocycles. The summed E-state index contributed by atoms with van der Waals surface area (Å²) in [6.07, 6.45) is 1.90. The van der Waals surface area contributed by atoms with E-state index >= 15 is 0 Å². The fourth-order valence-corrected chi connectivity index (χ4v) is 4.50. The van der Waals surface area contributed by atoms with Crippen LogP contribution < -0.4 is 10.1 Å². The van der Waals surface area contributed by atoms with Gasteiger partial charge in [0.2, 0.25) is 11.8 Å². The summed E-state index contributed by atoms with van der Waals surface area (Å²) in [5.41, 5.74) is 5.76. The number of methoxy groups -OCH3 is 1. The molecule has 0 radical (unpaired) electrons. The smallest absolute Gasteiger partial charge is 0.220 e. The first-order valence-electron chi connectivity index (χ1n) is 11.4. The van der Waals surface area contributed by atoms with Gasteiger partial charge in [-0.25, -0.2) is 9.50 Å². The molecule has 0 spiro atoms. The molecule has 1 aliphatic heterocycles. The minimum Gasteiger partial charge on any atom is -0.497 e. The van der Waals surface area contributed by atoms with Gasteiger partial charge in [-0.15, -0.1) is 0 Å². The van der Waals surface area contributed by atoms with Gasteiger partial charge in [0.1, 0.15) is 5.75 Å². The summed E-state index contributed by atoms with van der Waals surface area (Å²) in [5, 5.41) is 7.79. The van der Waals surface area contributed by atoms with Crippen LogP contribution in [0.3, 0.4) is 0 Å². The van der Waals surface area contributed by atoms with Crippen LogP contribution in [0.2, 0.25) is 0 Å². The van der Waals surface area contributed by atoms with Gasteiger partial charge in [0.15, 0.2) is 5.65 Å². The molecule has 174 valence electrons. The van der Waals surface area contributed by atoms with Crippen molar-refractivity contribution < 1.29 is 14.3 Å². The fraction of sp³-hybridized carbons (Fsp3) is 0.440. The zero-order chi connectivity index (χ0) is 23.5. The number of benzene rings is 1. The molecule has 2 aromatic heterocycles. The van der Waals surface area contributed by atoms with Gasteiger partial charge in [0.05, 0.1) is 12.8 Å². The molecular weight excluding hydrogens is 418 g/mol. The minimum absolute atomic E-state index is 0.00634. The third-order valence-electron chi connectivity index (χ3n) is 6.46. The third kappa shape index (κ3) is 4.99. The van der Waals surface area contributed by atoms with E-state index in [4.69, 9.17) is 14.8 Å². The highest BCUT2D eigenvalue weighted by Crippen LogP contribution is 2.28. The second-order valence-electron chi connectivity index (χ2n) is 8.68. The normalized spacial score (nSPS) is 15.8. The van der Waals surface area contributed by atoms with Crippen LogP contribution >= 0.6 is 0 Å². The Morgan fingerprint density at radius 2 is 2.06 bits per heavy atom. The maximum Gasteiger partial charge on any atom is 0.220 e. The van der Waals surface area contributed by atoms with E-state index < -0.39 is 0 Å². The lowest BCUT2D eigenvalue weighted by Gasteiger charge is -2.12. The van der Waals surface area contributed by atoms with Crippen molar-refractivity contribution in [3.8, 4) is 5.75 Å². The number of nitrogens with one attached hydrogen (secondary N) is 1. The molecule has 1 saturated heterocycles. The number of rotatable bonds is 7. The average Bonchev–Trinajstić information content (AvgIpc) is 3.45. The maximum atomic E-state index is 12.5. The number of nitrogens with zero attached hydrogens (tertiary/aromatic N) is 4. The Labute approximate surface area is 193 Å². The third-order valence-corrected chi connectivity index (χ3v) is 6.46. The van der Waals surface area contributed by atoms with Crippen molar-refractivity contribution in [1.29, 1.82) is 0 Å². The molecule has 0 saturated carbocycles. The first kappa shape index (κ1) is 22.8. The molecule has 3 heterocycles. The number of fused-ring (bicyclic) bond motifs is 1. The predicted octanol–water partition coefficient (Wildman–Crippen LogP) is 2.94. The van der Waals surface area contributed by atoms with E-state index in [9.17, 15) is 9.59 Å². The number of hydrogen-bond donors (Lipinski definition) is 1. The summed E-state index contributed by atoms with van der Waals surface area (Å²) in [7, 11) is 1.63. The number of carbonyl (C=O) groups excluding carboxylic acids is 2. The Kier molecular flexibility index (Phi) is 6.62. The van der Waals surface area contributed by atoms with Gasteiger partial charge in [-0.05, 0) is 49.9 Å². The highest BCUT2D eigenvalue weighted by atomic mass is 16.5. The Hall–Kier alpha value is -3.42. The van der Waals surface area contributed by atoms with Crippen LogP contribution in [-0.4, -0.2) is 51.5 Å². The Morgan fingerprint density at radius 3 is 2.79 bits per heavy atom. The first-order valence-corrected chi connectivity index (χ1v) is 11.4. The summed E-state index contributed by atoms with van der Waals surface area (Å²) in [4.78, 5) is 30.8. The van der Waals surface area contributed by atoms with Crippen LogP contribution in [0.25, 0.3) is 5.65 Å². The van der Waals surface area contributed by atoms with Crippen LogP contribution in [0.1, 0.15) is 53.9 Å². The van der Waals surface area contributed by atoms with Crippen LogP contribution in [-0.2, 0) is 22.6 Å². The van der Waals surface area contributed by atoms with Gasteiger partial charge < -0.3 is 15.0 Å². The van der Waals surface area contributed by atoms with Crippen LogP contribution in [0, 0.1) is 13.8 Å². The maximum absolute atomic E-state index is 12.5. The van der Waals surface area contributed by atoms with Crippen molar-refractivity contribution in [3.63, 3.8) is 0 Å². The largest absolute Gasteiger partial charge is 0.497 e. The number of amides is 2. The Balaban J connectivity index is 1.42. The number of likely N-dealkylation sites (tertiary alicyclic amines) is 1. The molecule has 8 nitrogen and oxygen atoms in total. The van der Waals surface area contributed by atoms with Crippen molar-refractivity contribution in [2.75, 3.05) is 20.2 Å². The molecule has 1 fully saturated rings. The van der Waals surface area contributed by atoms with E-state index in [2.05, 4.69) is 5.32 Å². The highest BCUT2D eigenvalue weighted by molar-refractivity contribution is 5.76. The molecule has 1 aliphatic rings. The van der Waals surface area contributed by atoms with Crippen molar-refractivity contribution in [3.05, 3.63) is 58.5 Å². The lowest BCUT2D eigenvalue weighted by Crippen LogP contribution is -2.25. The van der Waals surface area contributed by atoms with Gasteiger partial charge in [-0.1, -0.05) is 12.1 Å². The second kappa shape index (κ2) is 9.60. The molecule has 3 aromatic rings. The molecule has 8 heteroatoms. The molecule has 33 heavy (non-hydrogen) atoms. The van der Waals surface area contributed by atoms with Gasteiger partial charge in [0.25, 0.3) is 0 Å². The van der Waals surface area contributed by atoms with Crippen molar-refractivity contribution in [2.45, 2.75) is 52.5 Å². The molecular formula is C25H31N5O3. The summed E-state index contributed by atoms with van der Waals surface area (Å²) >= 11 is 0. The number of hydrogen-bond acceptors (Lipinski definition) is 5. The van der Waals surface area contributed by atoms with E-state index in [-0.39, 0.29) is 17.7 Å². The fourth-order valence-electron chi connectivity index (χ4n) is 4.50. The molecule has 1 aromatic carbocycles. The molecule has 4 rings (SSSR count). The second-order valence-corrected chi connectivity index (χ2v) is 8.68. The zero-order valence-electron chi connectivity index (χ0n) is 19.7. The van der Waals surface area contributed by atoms with E-state index in [1.165, 1.54) is 0 Å². The Bertz CT molecular complexity index is 1190. The molecule has 0 bridgehead atoms. The standard InChI is InChI=1S/C25H31N5O3/c1-16-22(8-9-25(32)26-14-19-6-5-7-21(12-19)33-4)17(2)30-24(27-16)13-23(28-30)20-10-11-29(15-20)18(3)31/h5-7,12-13,20H,8-11,14-15H2,1-4H3,(H,26,32)/t20-/m0/s1. The summed E-state index contributed by atoms with van der Waals surface area (Å²) in [6, 6.07) is 9.70. The van der Waals surface area contributed by atoms with Gasteiger partial charge in [-0.3, -0.25) is 9.59 Å². The van der Waals surface area contributed by atoms with E-state index in [1.54, 1.807) is 14.0 Å². The predicted molar refractivity (Wildman–Crippen MR) is 125 cm³/mol. The summed E-state index contributed by atoms with van der Waals surface area (Å²) < 4.78 is 7.11. The summed E-state index contributed by atoms with van der Waals surface area (Å²) in [5.74, 6) is 1.12. The van der Waals surface area contributed by atoms with Crippen molar-refractivity contribution in [2.24, 2.45) is 0 Å². The number of carbonyl (C=O) groups is 2. The number of aryl methyl sites for hydroxylation is 2. The quantitative estimate of drug-likeness (QED) is 0.599. The molecule has 0 unspecified atom stereocenters. The van der Waals surface area contributed by atoms with Crippen LogP contribution in [0.4, 0.5) is 0 Å². The lowest BCUT2D eigenvalue weighted by atomic mass is 10.1. The van der Waals surface area contributed by atoms with Gasteiger partial charge in [0, 0.05) is 56.4 Å². The monoisotopic (exact) mass is 449 g/mol. The van der Waals surface area contributed by atoms with E-state index in [0.29, 0.717) is 25.9 Å². The van der Waals surface area contributed by atoms with E-state index in [1.807, 2.05) is 53.6 Å². The first-order chi connectivity index (χ1) is 15.9. The average molecular weight is 450 g/mol. The van der Waals surface area contributed by atoms with E-state index in [0.717, 1.165) is 52.6 Å². The molecule has 1 N–H and O–H groups in total. The zero-order valence-corrected chi connectivity index (χ0v) is 19.7. The van der Waals surface area contributed by atoms with Crippen LogP contribution in [0.15, 0.2) is 30.3 Å². The molecule has 2 amide bonds. The molecule has 1 atom stereocenters. The minimum atomic E-state index is -0.00634.